The predicted molar refractivity (Wildman–Crippen MR) is 152 cm³/mol. The smallest absolute Gasteiger partial charge is 0.242 e. The van der Waals surface area contributed by atoms with Gasteiger partial charge in [-0.3, -0.25) is 13.9 Å². The first-order chi connectivity index (χ1) is 17.4. The van der Waals surface area contributed by atoms with E-state index in [1.165, 1.54) is 4.31 Å². The summed E-state index contributed by atoms with van der Waals surface area (Å²) < 4.78 is 26.4. The second kappa shape index (κ2) is 14.0. The van der Waals surface area contributed by atoms with Gasteiger partial charge in [-0.15, -0.1) is 0 Å². The van der Waals surface area contributed by atoms with Crippen LogP contribution >= 0.6 is 23.2 Å². The lowest BCUT2D eigenvalue weighted by molar-refractivity contribution is -0.141. The highest BCUT2D eigenvalue weighted by Gasteiger charge is 2.29. The second-order valence-electron chi connectivity index (χ2n) is 9.50. The molecule has 0 aliphatic carbocycles. The van der Waals surface area contributed by atoms with E-state index >= 15 is 0 Å². The van der Waals surface area contributed by atoms with Gasteiger partial charge in [-0.05, 0) is 55.0 Å². The quantitative estimate of drug-likeness (QED) is 0.348. The van der Waals surface area contributed by atoms with Crippen LogP contribution < -0.4 is 9.62 Å². The number of rotatable bonds is 13. The van der Waals surface area contributed by atoms with E-state index < -0.39 is 16.1 Å². The van der Waals surface area contributed by atoms with Crippen molar-refractivity contribution in [1.82, 2.24) is 10.2 Å². The van der Waals surface area contributed by atoms with Crippen molar-refractivity contribution < 1.29 is 18.0 Å². The Balaban J connectivity index is 2.26. The summed E-state index contributed by atoms with van der Waals surface area (Å²) in [6.07, 6.45) is 1.88. The van der Waals surface area contributed by atoms with E-state index in [1.807, 2.05) is 39.0 Å². The van der Waals surface area contributed by atoms with Gasteiger partial charge in [-0.2, -0.15) is 0 Å². The molecule has 37 heavy (non-hydrogen) atoms. The van der Waals surface area contributed by atoms with E-state index in [9.17, 15) is 18.0 Å². The molecule has 2 amide bonds. The fourth-order valence-electron chi connectivity index (χ4n) is 4.00. The van der Waals surface area contributed by atoms with Gasteiger partial charge < -0.3 is 10.2 Å². The van der Waals surface area contributed by atoms with Crippen molar-refractivity contribution in [3.05, 3.63) is 63.6 Å². The van der Waals surface area contributed by atoms with E-state index in [0.717, 1.165) is 11.8 Å². The monoisotopic (exact) mass is 569 g/mol. The maximum absolute atomic E-state index is 13.5. The minimum Gasteiger partial charge on any atom is -0.354 e. The molecule has 204 valence electrons. The summed E-state index contributed by atoms with van der Waals surface area (Å²) in [7, 11) is -3.61. The molecule has 2 aromatic carbocycles. The van der Waals surface area contributed by atoms with E-state index in [1.54, 1.807) is 36.1 Å². The average Bonchev–Trinajstić information content (AvgIpc) is 2.82. The van der Waals surface area contributed by atoms with Crippen molar-refractivity contribution in [3.8, 4) is 0 Å². The molecule has 0 aromatic heterocycles. The lowest BCUT2D eigenvalue weighted by Crippen LogP contribution is -2.49. The van der Waals surface area contributed by atoms with Crippen molar-refractivity contribution >= 4 is 50.7 Å². The molecule has 0 bridgehead atoms. The summed E-state index contributed by atoms with van der Waals surface area (Å²) >= 11 is 12.6. The molecule has 7 nitrogen and oxygen atoms in total. The maximum Gasteiger partial charge on any atom is 0.242 e. The summed E-state index contributed by atoms with van der Waals surface area (Å²) in [5.74, 6) is -0.197. The average molecular weight is 571 g/mol. The van der Waals surface area contributed by atoms with Crippen LogP contribution in [-0.2, 0) is 26.2 Å². The molecule has 2 rings (SSSR count). The Hall–Kier alpha value is -2.29. The summed E-state index contributed by atoms with van der Waals surface area (Å²) in [4.78, 5) is 28.1. The van der Waals surface area contributed by atoms with Crippen LogP contribution in [0.15, 0.2) is 42.5 Å². The van der Waals surface area contributed by atoms with Gasteiger partial charge in [-0.1, -0.05) is 68.2 Å². The molecule has 10 heteroatoms. The molecular formula is C27H37Cl2N3O4S. The number of nitrogens with one attached hydrogen (secondary N) is 1. The zero-order chi connectivity index (χ0) is 27.8. The van der Waals surface area contributed by atoms with Crippen LogP contribution in [0.25, 0.3) is 0 Å². The molecule has 0 saturated heterocycles. The number of anilines is 1. The van der Waals surface area contributed by atoms with Crippen molar-refractivity contribution in [1.29, 1.82) is 0 Å². The minimum atomic E-state index is -3.61. The Morgan fingerprint density at radius 1 is 1.03 bits per heavy atom. The van der Waals surface area contributed by atoms with E-state index in [-0.39, 0.29) is 43.7 Å². The molecule has 2 aromatic rings. The summed E-state index contributed by atoms with van der Waals surface area (Å²) in [5, 5.41) is 3.91. The lowest BCUT2D eigenvalue weighted by Gasteiger charge is -2.31. The molecule has 0 radical (unpaired) electrons. The molecule has 0 aliphatic heterocycles. The van der Waals surface area contributed by atoms with Crippen LogP contribution in [0.4, 0.5) is 5.69 Å². The Labute approximate surface area is 231 Å². The van der Waals surface area contributed by atoms with Gasteiger partial charge >= 0.3 is 0 Å². The Kier molecular flexibility index (Phi) is 11.7. The number of nitrogens with zero attached hydrogens (tertiary/aromatic N) is 2. The van der Waals surface area contributed by atoms with Crippen LogP contribution in [0.5, 0.6) is 0 Å². The molecule has 1 unspecified atom stereocenters. The third kappa shape index (κ3) is 8.90. The Morgan fingerprint density at radius 2 is 1.68 bits per heavy atom. The van der Waals surface area contributed by atoms with Crippen LogP contribution in [0, 0.1) is 12.8 Å². The van der Waals surface area contributed by atoms with E-state index in [2.05, 4.69) is 5.32 Å². The van der Waals surface area contributed by atoms with Gasteiger partial charge in [0.25, 0.3) is 0 Å². The number of carbonyl (C=O) groups is 2. The first-order valence-corrected chi connectivity index (χ1v) is 15.0. The normalized spacial score (nSPS) is 12.3. The molecule has 1 N–H and O–H groups in total. The second-order valence-corrected chi connectivity index (χ2v) is 12.2. The highest BCUT2D eigenvalue weighted by molar-refractivity contribution is 7.92. The summed E-state index contributed by atoms with van der Waals surface area (Å²) in [6.45, 7) is 8.41. The van der Waals surface area contributed by atoms with Gasteiger partial charge in [0.2, 0.25) is 21.8 Å². The fourth-order valence-corrected chi connectivity index (χ4v) is 5.38. The molecular weight excluding hydrogens is 533 g/mol. The largest absolute Gasteiger partial charge is 0.354 e. The highest BCUT2D eigenvalue weighted by atomic mass is 35.5. The number of hydrogen-bond acceptors (Lipinski definition) is 4. The third-order valence-electron chi connectivity index (χ3n) is 6.03. The molecule has 0 heterocycles. The Morgan fingerprint density at radius 3 is 2.27 bits per heavy atom. The maximum atomic E-state index is 13.5. The summed E-state index contributed by atoms with van der Waals surface area (Å²) in [6, 6.07) is 11.6. The Bertz CT molecular complexity index is 1190. The van der Waals surface area contributed by atoms with E-state index in [4.69, 9.17) is 23.2 Å². The number of benzene rings is 2. The number of carbonyl (C=O) groups excluding carboxylic acids is 2. The van der Waals surface area contributed by atoms with Crippen molar-refractivity contribution in [2.45, 2.75) is 59.5 Å². The lowest BCUT2D eigenvalue weighted by atomic mass is 10.1. The van der Waals surface area contributed by atoms with Crippen molar-refractivity contribution in [3.63, 3.8) is 0 Å². The van der Waals surface area contributed by atoms with Crippen LogP contribution in [0.2, 0.25) is 10.0 Å². The molecule has 1 atom stereocenters. The predicted octanol–water partition coefficient (Wildman–Crippen LogP) is 5.43. The van der Waals surface area contributed by atoms with Crippen LogP contribution in [0.3, 0.4) is 0 Å². The summed E-state index contributed by atoms with van der Waals surface area (Å²) in [5.41, 5.74) is 1.86. The highest BCUT2D eigenvalue weighted by Crippen LogP contribution is 2.28. The van der Waals surface area contributed by atoms with Gasteiger partial charge in [0, 0.05) is 36.1 Å². The third-order valence-corrected chi connectivity index (χ3v) is 7.99. The first-order valence-electron chi connectivity index (χ1n) is 12.4. The molecule has 0 fully saturated rings. The number of sulfonamides is 1. The van der Waals surface area contributed by atoms with Gasteiger partial charge in [-0.25, -0.2) is 8.42 Å². The zero-order valence-electron chi connectivity index (χ0n) is 22.1. The zero-order valence-corrected chi connectivity index (χ0v) is 24.5. The van der Waals surface area contributed by atoms with Gasteiger partial charge in [0.15, 0.2) is 0 Å². The van der Waals surface area contributed by atoms with Crippen molar-refractivity contribution in [2.24, 2.45) is 5.92 Å². The molecule has 0 aliphatic rings. The fraction of sp³-hybridized carbons (Fsp3) is 0.481. The molecule has 0 saturated carbocycles. The van der Waals surface area contributed by atoms with Crippen LogP contribution in [-0.4, -0.2) is 50.5 Å². The van der Waals surface area contributed by atoms with Gasteiger partial charge in [0.1, 0.15) is 6.04 Å². The van der Waals surface area contributed by atoms with Gasteiger partial charge in [0.05, 0.1) is 11.9 Å². The van der Waals surface area contributed by atoms with E-state index in [0.29, 0.717) is 34.3 Å². The number of hydrogen-bond donors (Lipinski definition) is 1. The number of halogens is 2. The first kappa shape index (κ1) is 30.9. The SMILES string of the molecule is CCC(C(=O)NCC(C)C)N(Cc1ccccc1Cl)C(=O)CCCN(c1cccc(Cl)c1C)S(C)(=O)=O. The molecule has 0 spiro atoms. The number of amides is 2. The standard InChI is InChI=1S/C27H37Cl2N3O4S/c1-6-24(27(34)30-17-19(2)3)31(18-21-11-7-8-12-23(21)29)26(33)15-10-16-32(37(5,35)36)25-14-9-13-22(28)20(25)4/h7-9,11-14,19,24H,6,10,15-18H2,1-5H3,(H,30,34). The topological polar surface area (TPSA) is 86.8 Å². The van der Waals surface area contributed by atoms with Crippen LogP contribution in [0.1, 0.15) is 51.2 Å². The minimum absolute atomic E-state index is 0.0596. The van der Waals surface area contributed by atoms with Crippen molar-refractivity contribution in [2.75, 3.05) is 23.7 Å².